The first-order valence-corrected chi connectivity index (χ1v) is 3.62. The third-order valence-corrected chi connectivity index (χ3v) is 1.77. The summed E-state index contributed by atoms with van der Waals surface area (Å²) in [6.45, 7) is 0. The molecule has 0 aliphatic carbocycles. The molecule has 0 saturated heterocycles. The van der Waals surface area contributed by atoms with Gasteiger partial charge in [-0.15, -0.1) is 0 Å². The Morgan fingerprint density at radius 2 is 2.40 bits per heavy atom. The summed E-state index contributed by atoms with van der Waals surface area (Å²) in [4.78, 5) is 7.19. The Balaban J connectivity index is 2.86. The molecule has 2 heterocycles. The molecule has 3 heteroatoms. The molecule has 0 aliphatic rings. The van der Waals surface area contributed by atoms with E-state index in [2.05, 4.69) is 19.2 Å². The zero-order chi connectivity index (χ0) is 6.97. The first kappa shape index (κ1) is 5.87. The van der Waals surface area contributed by atoms with E-state index in [9.17, 15) is 0 Å². The van der Waals surface area contributed by atoms with Gasteiger partial charge < -0.3 is 4.98 Å². The second kappa shape index (κ2) is 2.06. The third kappa shape index (κ3) is 0.812. The zero-order valence-electron chi connectivity index (χ0n) is 5.33. The van der Waals surface area contributed by atoms with Crippen LogP contribution in [-0.2, 0) is 0 Å². The summed E-state index contributed by atoms with van der Waals surface area (Å²) in [5, 5.41) is 1.21. The highest BCUT2D eigenvalue weighted by atomic mass is 31.0. The number of hydrogen-bond donors (Lipinski definition) is 1. The molecule has 2 nitrogen and oxygen atoms in total. The second-order valence-corrected chi connectivity index (χ2v) is 2.77. The van der Waals surface area contributed by atoms with E-state index in [4.69, 9.17) is 0 Å². The Bertz CT molecular complexity index is 353. The topological polar surface area (TPSA) is 28.7 Å². The van der Waals surface area contributed by atoms with Crippen molar-refractivity contribution in [3.63, 3.8) is 0 Å². The summed E-state index contributed by atoms with van der Waals surface area (Å²) in [5.41, 5.74) is 2.07. The van der Waals surface area contributed by atoms with Crippen LogP contribution in [-0.4, -0.2) is 9.97 Å². The van der Waals surface area contributed by atoms with Crippen molar-refractivity contribution in [1.82, 2.24) is 9.97 Å². The van der Waals surface area contributed by atoms with Gasteiger partial charge in [0.15, 0.2) is 0 Å². The maximum atomic E-state index is 4.11. The van der Waals surface area contributed by atoms with E-state index in [0.29, 0.717) is 0 Å². The molecule has 0 aliphatic heterocycles. The molecule has 0 spiro atoms. The van der Waals surface area contributed by atoms with E-state index in [-0.39, 0.29) is 0 Å². The van der Waals surface area contributed by atoms with Crippen LogP contribution in [0.5, 0.6) is 0 Å². The molecular weight excluding hydrogens is 143 g/mol. The van der Waals surface area contributed by atoms with Crippen LogP contribution < -0.4 is 5.44 Å². The van der Waals surface area contributed by atoms with Crippen LogP contribution in [0.2, 0.25) is 0 Å². The fourth-order valence-electron chi connectivity index (χ4n) is 0.968. The zero-order valence-corrected chi connectivity index (χ0v) is 6.49. The molecular formula is C7H7N2P. The average Bonchev–Trinajstić information content (AvgIpc) is 2.33. The molecule has 0 radical (unpaired) electrons. The lowest BCUT2D eigenvalue weighted by Gasteiger charge is -1.89. The van der Waals surface area contributed by atoms with Crippen LogP contribution in [0.25, 0.3) is 10.9 Å². The molecule has 2 rings (SSSR count). The molecule has 1 atom stereocenters. The molecule has 0 bridgehead atoms. The third-order valence-electron chi connectivity index (χ3n) is 1.46. The lowest BCUT2D eigenvalue weighted by atomic mass is 10.3. The molecule has 0 saturated carbocycles. The van der Waals surface area contributed by atoms with Crippen molar-refractivity contribution >= 4 is 25.6 Å². The highest BCUT2D eigenvalue weighted by Gasteiger charge is 1.92. The van der Waals surface area contributed by atoms with Crippen molar-refractivity contribution in [3.8, 4) is 0 Å². The Morgan fingerprint density at radius 3 is 3.30 bits per heavy atom. The lowest BCUT2D eigenvalue weighted by molar-refractivity contribution is 1.39. The van der Waals surface area contributed by atoms with Crippen LogP contribution in [0.4, 0.5) is 0 Å². The molecule has 1 unspecified atom stereocenters. The largest absolute Gasteiger partial charge is 0.360 e. The number of pyridine rings is 1. The maximum Gasteiger partial charge on any atom is 0.0640 e. The average molecular weight is 150 g/mol. The van der Waals surface area contributed by atoms with Crippen molar-refractivity contribution in [2.45, 2.75) is 0 Å². The molecule has 10 heavy (non-hydrogen) atoms. The van der Waals surface area contributed by atoms with Gasteiger partial charge in [0, 0.05) is 11.6 Å². The number of hydrogen-bond acceptors (Lipinski definition) is 1. The predicted molar refractivity (Wildman–Crippen MR) is 45.4 cm³/mol. The lowest BCUT2D eigenvalue weighted by Crippen LogP contribution is -1.93. The predicted octanol–water partition coefficient (Wildman–Crippen LogP) is 1.06. The number of nitrogens with one attached hydrogen (secondary N) is 1. The van der Waals surface area contributed by atoms with E-state index in [1.54, 1.807) is 0 Å². The van der Waals surface area contributed by atoms with E-state index in [1.807, 2.05) is 24.5 Å². The molecule has 0 amide bonds. The van der Waals surface area contributed by atoms with Crippen molar-refractivity contribution in [2.24, 2.45) is 0 Å². The molecule has 0 aromatic carbocycles. The van der Waals surface area contributed by atoms with E-state index in [0.717, 1.165) is 11.0 Å². The van der Waals surface area contributed by atoms with Gasteiger partial charge in [0.1, 0.15) is 0 Å². The summed E-state index contributed by atoms with van der Waals surface area (Å²) >= 11 is 0. The fraction of sp³-hybridized carbons (Fsp3) is 0. The van der Waals surface area contributed by atoms with Crippen LogP contribution in [0.15, 0.2) is 24.5 Å². The standard InChI is InChI=1S/C7H7N2P/c10-7-3-5-1-2-8-6(5)4-9-7/h1-4,8H,10H2. The van der Waals surface area contributed by atoms with E-state index < -0.39 is 0 Å². The first-order chi connectivity index (χ1) is 4.86. The van der Waals surface area contributed by atoms with Crippen LogP contribution in [0.1, 0.15) is 0 Å². The summed E-state index contributed by atoms with van der Waals surface area (Å²) in [7, 11) is 2.57. The SMILES string of the molecule is Pc1cc2cc[nH]c2cn1. The molecule has 2 aromatic heterocycles. The van der Waals surface area contributed by atoms with E-state index in [1.165, 1.54) is 5.39 Å². The normalized spacial score (nSPS) is 10.5. The minimum absolute atomic E-state index is 0.979. The van der Waals surface area contributed by atoms with Crippen LogP contribution >= 0.6 is 9.24 Å². The van der Waals surface area contributed by atoms with Crippen molar-refractivity contribution in [1.29, 1.82) is 0 Å². The number of H-pyrrole nitrogens is 1. The van der Waals surface area contributed by atoms with Gasteiger partial charge in [0.2, 0.25) is 0 Å². The number of nitrogens with zero attached hydrogens (tertiary/aromatic N) is 1. The highest BCUT2D eigenvalue weighted by molar-refractivity contribution is 7.26. The molecule has 0 fully saturated rings. The van der Waals surface area contributed by atoms with Gasteiger partial charge in [0.25, 0.3) is 0 Å². The minimum atomic E-state index is 0.979. The van der Waals surface area contributed by atoms with Gasteiger partial charge in [-0.3, -0.25) is 4.98 Å². The summed E-state index contributed by atoms with van der Waals surface area (Å²) in [6.07, 6.45) is 3.74. The summed E-state index contributed by atoms with van der Waals surface area (Å²) < 4.78 is 0. The summed E-state index contributed by atoms with van der Waals surface area (Å²) in [5.74, 6) is 0. The van der Waals surface area contributed by atoms with Crippen LogP contribution in [0.3, 0.4) is 0 Å². The van der Waals surface area contributed by atoms with Crippen molar-refractivity contribution in [2.75, 3.05) is 0 Å². The molecule has 50 valence electrons. The van der Waals surface area contributed by atoms with Crippen molar-refractivity contribution in [3.05, 3.63) is 24.5 Å². The Kier molecular flexibility index (Phi) is 1.21. The van der Waals surface area contributed by atoms with Gasteiger partial charge >= 0.3 is 0 Å². The van der Waals surface area contributed by atoms with Crippen molar-refractivity contribution < 1.29 is 0 Å². The smallest absolute Gasteiger partial charge is 0.0640 e. The Hall–Kier alpha value is -0.880. The minimum Gasteiger partial charge on any atom is -0.360 e. The maximum absolute atomic E-state index is 4.11. The first-order valence-electron chi connectivity index (χ1n) is 3.05. The number of rotatable bonds is 0. The summed E-state index contributed by atoms with van der Waals surface area (Å²) in [6, 6.07) is 4.06. The monoisotopic (exact) mass is 150 g/mol. The number of aromatic nitrogens is 2. The molecule has 2 aromatic rings. The molecule has 1 N–H and O–H groups in total. The number of fused-ring (bicyclic) bond motifs is 1. The quantitative estimate of drug-likeness (QED) is 0.559. The van der Waals surface area contributed by atoms with Gasteiger partial charge in [-0.05, 0) is 12.1 Å². The second-order valence-electron chi connectivity index (χ2n) is 2.17. The van der Waals surface area contributed by atoms with E-state index >= 15 is 0 Å². The van der Waals surface area contributed by atoms with Gasteiger partial charge in [-0.2, -0.15) is 0 Å². The van der Waals surface area contributed by atoms with Gasteiger partial charge in [0.05, 0.1) is 17.1 Å². The number of aromatic amines is 1. The van der Waals surface area contributed by atoms with Gasteiger partial charge in [-0.25, -0.2) is 0 Å². The highest BCUT2D eigenvalue weighted by Crippen LogP contribution is 2.07. The van der Waals surface area contributed by atoms with Crippen LogP contribution in [0, 0.1) is 0 Å². The van der Waals surface area contributed by atoms with Gasteiger partial charge in [-0.1, -0.05) is 9.24 Å². The Labute approximate surface area is 60.9 Å². The fourth-order valence-corrected chi connectivity index (χ4v) is 1.22. The Morgan fingerprint density at radius 1 is 1.50 bits per heavy atom.